The highest BCUT2D eigenvalue weighted by molar-refractivity contribution is 9.10. The number of hydrogen-bond acceptors (Lipinski definition) is 5. The average Bonchev–Trinajstić information content (AvgIpc) is 2.51. The Balaban J connectivity index is 2.49. The van der Waals surface area contributed by atoms with Gasteiger partial charge in [-0.25, -0.2) is 9.59 Å². The zero-order valence-corrected chi connectivity index (χ0v) is 14.7. The third kappa shape index (κ3) is 6.68. The van der Waals surface area contributed by atoms with Crippen LogP contribution in [0.2, 0.25) is 0 Å². The molecule has 1 rings (SSSR count). The molecule has 0 spiro atoms. The molecule has 0 aliphatic carbocycles. The highest BCUT2D eigenvalue weighted by Gasteiger charge is 2.15. The molecule has 23 heavy (non-hydrogen) atoms. The largest absolute Gasteiger partial charge is 0.497 e. The number of benzene rings is 1. The normalized spacial score (nSPS) is 10.1. The van der Waals surface area contributed by atoms with Crippen LogP contribution in [0.1, 0.15) is 24.2 Å². The summed E-state index contributed by atoms with van der Waals surface area (Å²) in [6.07, 6.45) is 0. The topological polar surface area (TPSA) is 93.7 Å². The molecule has 0 aromatic heterocycles. The first-order valence-corrected chi connectivity index (χ1v) is 7.71. The molecular formula is C15H19BrN2O5. The Labute approximate surface area is 142 Å². The van der Waals surface area contributed by atoms with Gasteiger partial charge in [0.15, 0.2) is 6.61 Å². The van der Waals surface area contributed by atoms with E-state index in [0.29, 0.717) is 16.8 Å². The summed E-state index contributed by atoms with van der Waals surface area (Å²) < 4.78 is 10.4. The van der Waals surface area contributed by atoms with Crippen molar-refractivity contribution in [2.45, 2.75) is 13.8 Å². The SMILES string of the molecule is COc1ccc(Br)c(C(=O)OCC(=O)NC(=O)NCC(C)C)c1. The zero-order chi connectivity index (χ0) is 17.4. The van der Waals surface area contributed by atoms with E-state index in [1.807, 2.05) is 13.8 Å². The standard InChI is InChI=1S/C15H19BrN2O5/c1-9(2)7-17-15(21)18-13(19)8-23-14(20)11-6-10(22-3)4-5-12(11)16/h4-6,9H,7-8H2,1-3H3,(H2,17,18,19,21). The Morgan fingerprint density at radius 1 is 1.26 bits per heavy atom. The first-order chi connectivity index (χ1) is 10.8. The Kier molecular flexibility index (Phi) is 7.53. The Hall–Kier alpha value is -2.09. The number of rotatable bonds is 6. The van der Waals surface area contributed by atoms with Gasteiger partial charge in [-0.3, -0.25) is 10.1 Å². The minimum Gasteiger partial charge on any atom is -0.497 e. The van der Waals surface area contributed by atoms with Gasteiger partial charge in [-0.15, -0.1) is 0 Å². The van der Waals surface area contributed by atoms with Gasteiger partial charge in [0.1, 0.15) is 5.75 Å². The van der Waals surface area contributed by atoms with Crippen LogP contribution in [0, 0.1) is 5.92 Å². The summed E-state index contributed by atoms with van der Waals surface area (Å²) in [5.41, 5.74) is 0.224. The number of esters is 1. The van der Waals surface area contributed by atoms with E-state index in [2.05, 4.69) is 26.6 Å². The van der Waals surface area contributed by atoms with Crippen molar-refractivity contribution in [1.29, 1.82) is 0 Å². The molecule has 3 amide bonds. The predicted molar refractivity (Wildman–Crippen MR) is 87.4 cm³/mol. The molecule has 0 saturated carbocycles. The number of hydrogen-bond donors (Lipinski definition) is 2. The second-order valence-corrected chi connectivity index (χ2v) is 5.93. The zero-order valence-electron chi connectivity index (χ0n) is 13.1. The summed E-state index contributed by atoms with van der Waals surface area (Å²) >= 11 is 3.22. The summed E-state index contributed by atoms with van der Waals surface area (Å²) in [7, 11) is 1.47. The lowest BCUT2D eigenvalue weighted by Gasteiger charge is -2.10. The summed E-state index contributed by atoms with van der Waals surface area (Å²) in [5.74, 6) is -0.663. The van der Waals surface area contributed by atoms with Gasteiger partial charge in [0.05, 0.1) is 12.7 Å². The van der Waals surface area contributed by atoms with Crippen molar-refractivity contribution in [3.63, 3.8) is 0 Å². The lowest BCUT2D eigenvalue weighted by molar-refractivity contribution is -0.123. The van der Waals surface area contributed by atoms with E-state index in [1.54, 1.807) is 12.1 Å². The number of halogens is 1. The van der Waals surface area contributed by atoms with Crippen LogP contribution in [0.4, 0.5) is 4.79 Å². The van der Waals surface area contributed by atoms with Crippen molar-refractivity contribution in [3.8, 4) is 5.75 Å². The molecule has 0 radical (unpaired) electrons. The van der Waals surface area contributed by atoms with Crippen LogP contribution >= 0.6 is 15.9 Å². The molecular weight excluding hydrogens is 368 g/mol. The van der Waals surface area contributed by atoms with Crippen LogP contribution in [-0.2, 0) is 9.53 Å². The second-order valence-electron chi connectivity index (χ2n) is 5.07. The molecule has 0 atom stereocenters. The molecule has 126 valence electrons. The van der Waals surface area contributed by atoms with Crippen molar-refractivity contribution < 1.29 is 23.9 Å². The van der Waals surface area contributed by atoms with E-state index in [-0.39, 0.29) is 11.5 Å². The lowest BCUT2D eigenvalue weighted by Crippen LogP contribution is -2.42. The molecule has 7 nitrogen and oxygen atoms in total. The molecule has 0 aliphatic rings. The molecule has 0 saturated heterocycles. The third-order valence-electron chi connectivity index (χ3n) is 2.65. The summed E-state index contributed by atoms with van der Waals surface area (Å²) in [5, 5.41) is 4.60. The maximum absolute atomic E-state index is 12.0. The maximum atomic E-state index is 12.0. The quantitative estimate of drug-likeness (QED) is 0.730. The highest BCUT2D eigenvalue weighted by atomic mass is 79.9. The molecule has 0 unspecified atom stereocenters. The molecule has 2 N–H and O–H groups in total. The van der Waals surface area contributed by atoms with Crippen LogP contribution in [0.15, 0.2) is 22.7 Å². The summed E-state index contributed by atoms with van der Waals surface area (Å²) in [6, 6.07) is 4.17. The van der Waals surface area contributed by atoms with Crippen LogP contribution in [0.5, 0.6) is 5.75 Å². The van der Waals surface area contributed by atoms with Gasteiger partial charge in [0.25, 0.3) is 5.91 Å². The van der Waals surface area contributed by atoms with Gasteiger partial charge in [0.2, 0.25) is 0 Å². The Morgan fingerprint density at radius 3 is 2.57 bits per heavy atom. The third-order valence-corrected chi connectivity index (χ3v) is 3.34. The number of urea groups is 1. The fourth-order valence-corrected chi connectivity index (χ4v) is 1.91. The number of amides is 3. The fourth-order valence-electron chi connectivity index (χ4n) is 1.50. The number of carbonyl (C=O) groups is 3. The van der Waals surface area contributed by atoms with E-state index in [4.69, 9.17) is 9.47 Å². The first-order valence-electron chi connectivity index (χ1n) is 6.91. The Bertz CT molecular complexity index is 589. The number of nitrogens with one attached hydrogen (secondary N) is 2. The molecule has 0 fully saturated rings. The second kappa shape index (κ2) is 9.14. The van der Waals surface area contributed by atoms with E-state index in [1.165, 1.54) is 13.2 Å². The maximum Gasteiger partial charge on any atom is 0.339 e. The van der Waals surface area contributed by atoms with E-state index in [0.717, 1.165) is 0 Å². The number of imide groups is 1. The highest BCUT2D eigenvalue weighted by Crippen LogP contribution is 2.23. The minimum absolute atomic E-state index is 0.224. The van der Waals surface area contributed by atoms with Crippen molar-refractivity contribution >= 4 is 33.8 Å². The molecule has 0 aliphatic heterocycles. The summed E-state index contributed by atoms with van der Waals surface area (Å²) in [6.45, 7) is 3.74. The predicted octanol–water partition coefficient (Wildman–Crippen LogP) is 2.10. The monoisotopic (exact) mass is 386 g/mol. The van der Waals surface area contributed by atoms with Crippen molar-refractivity contribution in [2.24, 2.45) is 5.92 Å². The van der Waals surface area contributed by atoms with Gasteiger partial charge < -0.3 is 14.8 Å². The van der Waals surface area contributed by atoms with Crippen molar-refractivity contribution in [2.75, 3.05) is 20.3 Å². The summed E-state index contributed by atoms with van der Waals surface area (Å²) in [4.78, 5) is 34.9. The number of ether oxygens (including phenoxy) is 2. The van der Waals surface area contributed by atoms with Gasteiger partial charge >= 0.3 is 12.0 Å². The fraction of sp³-hybridized carbons (Fsp3) is 0.400. The lowest BCUT2D eigenvalue weighted by atomic mass is 10.2. The smallest absolute Gasteiger partial charge is 0.339 e. The van der Waals surface area contributed by atoms with Gasteiger partial charge in [0, 0.05) is 11.0 Å². The molecule has 1 aromatic rings. The molecule has 0 heterocycles. The van der Waals surface area contributed by atoms with Crippen LogP contribution in [0.3, 0.4) is 0 Å². The number of carbonyl (C=O) groups excluding carboxylic acids is 3. The molecule has 0 bridgehead atoms. The minimum atomic E-state index is -0.710. The Morgan fingerprint density at radius 2 is 1.96 bits per heavy atom. The van der Waals surface area contributed by atoms with Gasteiger partial charge in [-0.2, -0.15) is 0 Å². The number of methoxy groups -OCH3 is 1. The van der Waals surface area contributed by atoms with Gasteiger partial charge in [-0.1, -0.05) is 13.8 Å². The molecule has 8 heteroatoms. The first kappa shape index (κ1) is 19.0. The molecule has 1 aromatic carbocycles. The van der Waals surface area contributed by atoms with Gasteiger partial charge in [-0.05, 0) is 40.0 Å². The van der Waals surface area contributed by atoms with Crippen molar-refractivity contribution in [3.05, 3.63) is 28.2 Å². The van der Waals surface area contributed by atoms with E-state index >= 15 is 0 Å². The van der Waals surface area contributed by atoms with E-state index < -0.39 is 24.5 Å². The van der Waals surface area contributed by atoms with E-state index in [9.17, 15) is 14.4 Å². The van der Waals surface area contributed by atoms with Crippen LogP contribution in [0.25, 0.3) is 0 Å². The van der Waals surface area contributed by atoms with Crippen LogP contribution in [-0.4, -0.2) is 38.2 Å². The average molecular weight is 387 g/mol. The van der Waals surface area contributed by atoms with Crippen LogP contribution < -0.4 is 15.4 Å². The van der Waals surface area contributed by atoms with Crippen molar-refractivity contribution in [1.82, 2.24) is 10.6 Å².